The van der Waals surface area contributed by atoms with Crippen LogP contribution in [0, 0.1) is 5.82 Å². The first-order valence-electron chi connectivity index (χ1n) is 7.57. The van der Waals surface area contributed by atoms with Crippen molar-refractivity contribution in [3.05, 3.63) is 40.8 Å². The highest BCUT2D eigenvalue weighted by molar-refractivity contribution is 7.27. The Labute approximate surface area is 146 Å². The maximum Gasteiger partial charge on any atom is 0.347 e. The fourth-order valence-electron chi connectivity index (χ4n) is 2.72. The lowest BCUT2D eigenvalue weighted by atomic mass is 9.95. The van der Waals surface area contributed by atoms with E-state index in [1.165, 1.54) is 6.07 Å². The largest absolute Gasteiger partial charge is 0.463 e. The lowest BCUT2D eigenvalue weighted by Crippen LogP contribution is -2.33. The van der Waals surface area contributed by atoms with Crippen LogP contribution in [0.3, 0.4) is 0 Å². The van der Waals surface area contributed by atoms with Crippen molar-refractivity contribution >= 4 is 32.1 Å². The maximum atomic E-state index is 14.4. The monoisotopic (exact) mass is 367 g/mol. The number of halogens is 2. The Hall–Kier alpha value is -1.71. The first-order chi connectivity index (χ1) is 11.5. The molecule has 4 nitrogen and oxygen atoms in total. The summed E-state index contributed by atoms with van der Waals surface area (Å²) in [7, 11) is 2.46. The molecular formula is C17H16ClFNO3P. The van der Waals surface area contributed by atoms with Crippen molar-refractivity contribution in [1.82, 2.24) is 4.98 Å². The van der Waals surface area contributed by atoms with Crippen LogP contribution in [-0.2, 0) is 16.0 Å². The average Bonchev–Trinajstić information content (AvgIpc) is 2.54. The second-order valence-corrected chi connectivity index (χ2v) is 6.47. The van der Waals surface area contributed by atoms with Crippen LogP contribution in [0.25, 0.3) is 11.1 Å². The lowest BCUT2D eigenvalue weighted by molar-refractivity contribution is -0.152. The van der Waals surface area contributed by atoms with Gasteiger partial charge in [-0.05, 0) is 42.8 Å². The Morgan fingerprint density at radius 3 is 2.96 bits per heavy atom. The number of nitrogens with zero attached hydrogens (tertiary/aromatic N) is 1. The summed E-state index contributed by atoms with van der Waals surface area (Å²) in [4.78, 5) is 16.0. The number of aromatic nitrogens is 1. The molecule has 24 heavy (non-hydrogen) atoms. The second kappa shape index (κ2) is 7.04. The van der Waals surface area contributed by atoms with Crippen LogP contribution in [0.4, 0.5) is 4.39 Å². The topological polar surface area (TPSA) is 48.4 Å². The van der Waals surface area contributed by atoms with E-state index in [0.717, 1.165) is 10.9 Å². The molecule has 1 aliphatic rings. The molecular weight excluding hydrogens is 352 g/mol. The average molecular weight is 368 g/mol. The molecule has 0 amide bonds. The van der Waals surface area contributed by atoms with E-state index in [2.05, 4.69) is 14.2 Å². The van der Waals surface area contributed by atoms with Gasteiger partial charge in [0.05, 0.1) is 6.61 Å². The van der Waals surface area contributed by atoms with Gasteiger partial charge < -0.3 is 9.47 Å². The molecule has 0 radical (unpaired) electrons. The highest BCUT2D eigenvalue weighted by Gasteiger charge is 2.30. The van der Waals surface area contributed by atoms with Crippen LogP contribution in [0.5, 0.6) is 5.88 Å². The Balaban J connectivity index is 2.01. The van der Waals surface area contributed by atoms with Crippen molar-refractivity contribution < 1.29 is 18.7 Å². The van der Waals surface area contributed by atoms with E-state index in [0.29, 0.717) is 24.0 Å². The van der Waals surface area contributed by atoms with Gasteiger partial charge in [-0.3, -0.25) is 0 Å². The fraction of sp³-hybridized carbons (Fsp3) is 0.294. The minimum atomic E-state index is -0.712. The van der Waals surface area contributed by atoms with Crippen molar-refractivity contribution in [3.63, 3.8) is 0 Å². The number of pyridine rings is 1. The van der Waals surface area contributed by atoms with Gasteiger partial charge in [0.15, 0.2) is 6.10 Å². The number of hydrogen-bond acceptors (Lipinski definition) is 4. The number of benzene rings is 1. The van der Waals surface area contributed by atoms with E-state index in [1.807, 2.05) is 0 Å². The van der Waals surface area contributed by atoms with E-state index in [4.69, 9.17) is 21.1 Å². The van der Waals surface area contributed by atoms with Gasteiger partial charge in [-0.1, -0.05) is 23.7 Å². The molecule has 0 bridgehead atoms. The van der Waals surface area contributed by atoms with Gasteiger partial charge in [-0.2, -0.15) is 0 Å². The lowest BCUT2D eigenvalue weighted by Gasteiger charge is -2.25. The number of carbonyl (C=O) groups is 1. The van der Waals surface area contributed by atoms with E-state index in [9.17, 15) is 9.18 Å². The van der Waals surface area contributed by atoms with Crippen molar-refractivity contribution in [1.29, 1.82) is 0 Å². The molecule has 0 fully saturated rings. The molecule has 3 rings (SSSR count). The van der Waals surface area contributed by atoms with Gasteiger partial charge in [0.1, 0.15) is 11.0 Å². The zero-order chi connectivity index (χ0) is 17.3. The quantitative estimate of drug-likeness (QED) is 0.474. The third-order valence-electron chi connectivity index (χ3n) is 3.80. The summed E-state index contributed by atoms with van der Waals surface area (Å²) in [5.41, 5.74) is 1.81. The molecule has 7 heteroatoms. The summed E-state index contributed by atoms with van der Waals surface area (Å²) < 4.78 is 25.0. The fourth-order valence-corrected chi connectivity index (χ4v) is 3.15. The summed E-state index contributed by atoms with van der Waals surface area (Å²) >= 11 is 6.07. The number of hydrogen-bond donors (Lipinski definition) is 0. The van der Waals surface area contributed by atoms with Crippen molar-refractivity contribution in [2.75, 3.05) is 6.61 Å². The first-order valence-corrected chi connectivity index (χ1v) is 8.53. The van der Waals surface area contributed by atoms with E-state index in [-0.39, 0.29) is 23.5 Å². The van der Waals surface area contributed by atoms with Gasteiger partial charge in [-0.15, -0.1) is 9.24 Å². The molecule has 0 saturated carbocycles. The molecule has 0 spiro atoms. The van der Waals surface area contributed by atoms with Crippen LogP contribution in [0.15, 0.2) is 24.3 Å². The summed E-state index contributed by atoms with van der Waals surface area (Å²) in [5, 5.41) is 0.937. The van der Waals surface area contributed by atoms with Gasteiger partial charge in [-0.25, -0.2) is 14.2 Å². The smallest absolute Gasteiger partial charge is 0.347 e. The van der Waals surface area contributed by atoms with Crippen molar-refractivity contribution in [2.24, 2.45) is 0 Å². The number of fused-ring (bicyclic) bond motifs is 1. The predicted octanol–water partition coefficient (Wildman–Crippen LogP) is 3.30. The highest BCUT2D eigenvalue weighted by Crippen LogP contribution is 2.37. The zero-order valence-electron chi connectivity index (χ0n) is 13.0. The SMILES string of the molecule is CCOC(=O)C1CCc2c(-c3ccc(P)cc3F)cc(Cl)nc2O1. The summed E-state index contributed by atoms with van der Waals surface area (Å²) in [6, 6.07) is 6.55. The normalized spacial score (nSPS) is 16.2. The molecule has 2 aromatic rings. The molecule has 1 aromatic carbocycles. The zero-order valence-corrected chi connectivity index (χ0v) is 14.9. The molecule has 1 aliphatic heterocycles. The Morgan fingerprint density at radius 1 is 1.46 bits per heavy atom. The first kappa shape index (κ1) is 17.1. The van der Waals surface area contributed by atoms with Gasteiger partial charge in [0.2, 0.25) is 5.88 Å². The van der Waals surface area contributed by atoms with E-state index in [1.54, 1.807) is 25.1 Å². The Morgan fingerprint density at radius 2 is 2.25 bits per heavy atom. The van der Waals surface area contributed by atoms with Crippen LogP contribution in [-0.4, -0.2) is 23.7 Å². The number of esters is 1. The number of carbonyl (C=O) groups excluding carboxylic acids is 1. The Bertz CT molecular complexity index is 800. The standard InChI is InChI=1S/C17H16ClFNO3P/c1-2-22-17(21)14-6-5-11-12(8-15(18)20-16(11)23-14)10-4-3-9(24)7-13(10)19/h3-4,7-8,14H,2,5-6,24H2,1H3. The van der Waals surface area contributed by atoms with Gasteiger partial charge in [0.25, 0.3) is 0 Å². The summed E-state index contributed by atoms with van der Waals surface area (Å²) in [6.45, 7) is 2.02. The van der Waals surface area contributed by atoms with Crippen molar-refractivity contribution in [3.8, 4) is 17.0 Å². The van der Waals surface area contributed by atoms with Gasteiger partial charge >= 0.3 is 5.97 Å². The van der Waals surface area contributed by atoms with Gasteiger partial charge in [0, 0.05) is 11.1 Å². The van der Waals surface area contributed by atoms with Crippen molar-refractivity contribution in [2.45, 2.75) is 25.9 Å². The van der Waals surface area contributed by atoms with Crippen LogP contribution in [0.1, 0.15) is 18.9 Å². The molecule has 2 atom stereocenters. The third kappa shape index (κ3) is 3.38. The predicted molar refractivity (Wildman–Crippen MR) is 93.4 cm³/mol. The highest BCUT2D eigenvalue weighted by atomic mass is 35.5. The third-order valence-corrected chi connectivity index (χ3v) is 4.35. The summed E-state index contributed by atoms with van der Waals surface area (Å²) in [5.74, 6) is -0.513. The Kier molecular flexibility index (Phi) is 5.02. The summed E-state index contributed by atoms with van der Waals surface area (Å²) in [6.07, 6.45) is 0.266. The number of ether oxygens (including phenoxy) is 2. The van der Waals surface area contributed by atoms with Crippen LogP contribution >= 0.6 is 20.8 Å². The van der Waals surface area contributed by atoms with Crippen LogP contribution < -0.4 is 10.0 Å². The maximum absolute atomic E-state index is 14.4. The minimum absolute atomic E-state index is 0.183. The van der Waals surface area contributed by atoms with E-state index < -0.39 is 12.1 Å². The molecule has 2 heterocycles. The molecule has 0 saturated heterocycles. The second-order valence-electron chi connectivity index (χ2n) is 5.41. The minimum Gasteiger partial charge on any atom is -0.463 e. The molecule has 0 N–H and O–H groups in total. The molecule has 0 aliphatic carbocycles. The molecule has 1 aromatic heterocycles. The number of rotatable bonds is 3. The molecule has 126 valence electrons. The van der Waals surface area contributed by atoms with E-state index >= 15 is 0 Å². The van der Waals surface area contributed by atoms with Crippen LogP contribution in [0.2, 0.25) is 5.15 Å². The molecule has 2 unspecified atom stereocenters.